The first kappa shape index (κ1) is 15.9. The maximum atomic E-state index is 12.1. The summed E-state index contributed by atoms with van der Waals surface area (Å²) < 4.78 is 5.28. The Morgan fingerprint density at radius 3 is 2.79 bits per heavy atom. The molecule has 24 heavy (non-hydrogen) atoms. The molecule has 0 saturated heterocycles. The van der Waals surface area contributed by atoms with Gasteiger partial charge in [-0.1, -0.05) is 42.0 Å². The van der Waals surface area contributed by atoms with E-state index in [0.717, 1.165) is 16.1 Å². The van der Waals surface area contributed by atoms with Gasteiger partial charge in [0.25, 0.3) is 0 Å². The van der Waals surface area contributed by atoms with Crippen molar-refractivity contribution in [1.29, 1.82) is 5.26 Å². The fraction of sp³-hybridized carbons (Fsp3) is 0.105. The molecule has 0 atom stereocenters. The van der Waals surface area contributed by atoms with Gasteiger partial charge in [-0.05, 0) is 24.6 Å². The zero-order chi connectivity index (χ0) is 16.9. The van der Waals surface area contributed by atoms with Crippen molar-refractivity contribution >= 4 is 17.3 Å². The summed E-state index contributed by atoms with van der Waals surface area (Å²) in [5.74, 6) is -0.466. The molecule has 0 radical (unpaired) electrons. The van der Waals surface area contributed by atoms with Crippen molar-refractivity contribution < 1.29 is 9.53 Å². The maximum Gasteiger partial charge on any atom is 0.358 e. The molecule has 4 nitrogen and oxygen atoms in total. The van der Waals surface area contributed by atoms with Gasteiger partial charge in [0, 0.05) is 10.9 Å². The number of nitriles is 1. The van der Waals surface area contributed by atoms with E-state index in [1.165, 1.54) is 16.9 Å². The number of nitrogens with zero attached hydrogens (tertiary/aromatic N) is 2. The standard InChI is InChI=1S/C19H14N2O2S/c1-13-5-7-16(8-6-13)18-21-17(12-24-18)19(22)23-11-15-4-2-3-14(9-15)10-20/h2-9,12H,11H2,1H3. The number of hydrogen-bond donors (Lipinski definition) is 0. The van der Waals surface area contributed by atoms with Crippen LogP contribution in [0.2, 0.25) is 0 Å². The van der Waals surface area contributed by atoms with E-state index in [1.807, 2.05) is 37.3 Å². The molecule has 0 saturated carbocycles. The molecular formula is C19H14N2O2S. The third-order valence-electron chi connectivity index (χ3n) is 3.44. The van der Waals surface area contributed by atoms with Crippen molar-refractivity contribution in [2.75, 3.05) is 0 Å². The van der Waals surface area contributed by atoms with Gasteiger partial charge in [0.15, 0.2) is 5.69 Å². The second-order valence-corrected chi connectivity index (χ2v) is 6.15. The first-order valence-corrected chi connectivity index (χ1v) is 8.22. The largest absolute Gasteiger partial charge is 0.456 e. The summed E-state index contributed by atoms with van der Waals surface area (Å²) in [5.41, 5.74) is 3.77. The SMILES string of the molecule is Cc1ccc(-c2nc(C(=O)OCc3cccc(C#N)c3)cs2)cc1. The summed E-state index contributed by atoms with van der Waals surface area (Å²) >= 11 is 1.41. The summed E-state index contributed by atoms with van der Waals surface area (Å²) in [6, 6.07) is 17.0. The Bertz CT molecular complexity index is 908. The van der Waals surface area contributed by atoms with E-state index in [9.17, 15) is 4.79 Å². The first-order valence-electron chi connectivity index (χ1n) is 7.34. The van der Waals surface area contributed by atoms with Crippen LogP contribution >= 0.6 is 11.3 Å². The Morgan fingerprint density at radius 2 is 2.04 bits per heavy atom. The molecule has 3 rings (SSSR count). The lowest BCUT2D eigenvalue weighted by molar-refractivity contribution is 0.0467. The number of benzene rings is 2. The van der Waals surface area contributed by atoms with Crippen LogP contribution in [0.15, 0.2) is 53.9 Å². The number of aromatic nitrogens is 1. The molecular weight excluding hydrogens is 320 g/mol. The number of hydrogen-bond acceptors (Lipinski definition) is 5. The highest BCUT2D eigenvalue weighted by molar-refractivity contribution is 7.13. The second-order valence-electron chi connectivity index (χ2n) is 5.29. The average molecular weight is 334 g/mol. The van der Waals surface area contributed by atoms with Crippen molar-refractivity contribution in [1.82, 2.24) is 4.98 Å². The van der Waals surface area contributed by atoms with Crippen LogP contribution in [0.5, 0.6) is 0 Å². The summed E-state index contributed by atoms with van der Waals surface area (Å²) in [5, 5.41) is 11.4. The molecule has 118 valence electrons. The van der Waals surface area contributed by atoms with Crippen molar-refractivity contribution in [2.45, 2.75) is 13.5 Å². The molecule has 0 bridgehead atoms. The average Bonchev–Trinajstić information content (AvgIpc) is 3.10. The van der Waals surface area contributed by atoms with Crippen molar-refractivity contribution in [3.05, 3.63) is 76.3 Å². The Kier molecular flexibility index (Phi) is 4.69. The van der Waals surface area contributed by atoms with Gasteiger partial charge in [0.05, 0.1) is 11.6 Å². The van der Waals surface area contributed by atoms with Gasteiger partial charge in [0.1, 0.15) is 11.6 Å². The highest BCUT2D eigenvalue weighted by Gasteiger charge is 2.13. The van der Waals surface area contributed by atoms with Crippen LogP contribution < -0.4 is 0 Å². The number of aryl methyl sites for hydroxylation is 1. The molecule has 0 N–H and O–H groups in total. The van der Waals surface area contributed by atoms with E-state index in [0.29, 0.717) is 11.3 Å². The van der Waals surface area contributed by atoms with Crippen LogP contribution in [-0.4, -0.2) is 11.0 Å². The van der Waals surface area contributed by atoms with E-state index in [1.54, 1.807) is 23.6 Å². The molecule has 5 heteroatoms. The Morgan fingerprint density at radius 1 is 1.25 bits per heavy atom. The summed E-state index contributed by atoms with van der Waals surface area (Å²) in [7, 11) is 0. The minimum atomic E-state index is -0.466. The van der Waals surface area contributed by atoms with Crippen LogP contribution in [0.25, 0.3) is 10.6 Å². The second kappa shape index (κ2) is 7.07. The fourth-order valence-corrected chi connectivity index (χ4v) is 2.95. The van der Waals surface area contributed by atoms with E-state index in [2.05, 4.69) is 11.1 Å². The Hall–Kier alpha value is -2.97. The van der Waals surface area contributed by atoms with Crippen molar-refractivity contribution in [3.63, 3.8) is 0 Å². The molecule has 2 aromatic carbocycles. The van der Waals surface area contributed by atoms with Crippen LogP contribution in [0.4, 0.5) is 0 Å². The summed E-state index contributed by atoms with van der Waals surface area (Å²) in [6.45, 7) is 2.14. The predicted octanol–water partition coefficient (Wildman–Crippen LogP) is 4.35. The van der Waals surface area contributed by atoms with Gasteiger partial charge in [-0.3, -0.25) is 0 Å². The molecule has 0 fully saturated rings. The lowest BCUT2D eigenvalue weighted by Crippen LogP contribution is -2.05. The molecule has 0 unspecified atom stereocenters. The summed E-state index contributed by atoms with van der Waals surface area (Å²) in [6.07, 6.45) is 0. The minimum absolute atomic E-state index is 0.117. The molecule has 0 aliphatic heterocycles. The molecule has 0 spiro atoms. The van der Waals surface area contributed by atoms with Crippen LogP contribution in [0.3, 0.4) is 0 Å². The molecule has 0 aliphatic carbocycles. The predicted molar refractivity (Wildman–Crippen MR) is 92.6 cm³/mol. The third kappa shape index (κ3) is 3.67. The monoisotopic (exact) mass is 334 g/mol. The number of rotatable bonds is 4. The Labute approximate surface area is 144 Å². The minimum Gasteiger partial charge on any atom is -0.456 e. The van der Waals surface area contributed by atoms with Gasteiger partial charge in [0.2, 0.25) is 0 Å². The van der Waals surface area contributed by atoms with E-state index < -0.39 is 5.97 Å². The van der Waals surface area contributed by atoms with Gasteiger partial charge in [-0.2, -0.15) is 5.26 Å². The van der Waals surface area contributed by atoms with Gasteiger partial charge in [-0.15, -0.1) is 11.3 Å². The normalized spacial score (nSPS) is 10.2. The number of thiazole rings is 1. The number of ether oxygens (including phenoxy) is 1. The molecule has 0 amide bonds. The zero-order valence-electron chi connectivity index (χ0n) is 13.0. The van der Waals surface area contributed by atoms with Gasteiger partial charge >= 0.3 is 5.97 Å². The van der Waals surface area contributed by atoms with Crippen molar-refractivity contribution in [3.8, 4) is 16.6 Å². The third-order valence-corrected chi connectivity index (χ3v) is 4.33. The highest BCUT2D eigenvalue weighted by Crippen LogP contribution is 2.24. The first-order chi connectivity index (χ1) is 11.7. The van der Waals surface area contributed by atoms with Crippen LogP contribution in [-0.2, 0) is 11.3 Å². The van der Waals surface area contributed by atoms with E-state index in [4.69, 9.17) is 10.00 Å². The lowest BCUT2D eigenvalue weighted by atomic mass is 10.1. The molecule has 0 aliphatic rings. The number of esters is 1. The van der Waals surface area contributed by atoms with Gasteiger partial charge in [-0.25, -0.2) is 9.78 Å². The topological polar surface area (TPSA) is 63.0 Å². The lowest BCUT2D eigenvalue weighted by Gasteiger charge is -2.03. The summed E-state index contributed by atoms with van der Waals surface area (Å²) in [4.78, 5) is 16.5. The van der Waals surface area contributed by atoms with Crippen LogP contribution in [0.1, 0.15) is 27.2 Å². The smallest absolute Gasteiger partial charge is 0.358 e. The number of carbonyl (C=O) groups excluding carboxylic acids is 1. The Balaban J connectivity index is 1.67. The molecule has 1 aromatic heterocycles. The molecule has 1 heterocycles. The highest BCUT2D eigenvalue weighted by atomic mass is 32.1. The van der Waals surface area contributed by atoms with Crippen LogP contribution in [0, 0.1) is 18.3 Å². The maximum absolute atomic E-state index is 12.1. The number of carbonyl (C=O) groups is 1. The van der Waals surface area contributed by atoms with Gasteiger partial charge < -0.3 is 4.74 Å². The quantitative estimate of drug-likeness (QED) is 0.666. The fourth-order valence-electron chi connectivity index (χ4n) is 2.15. The van der Waals surface area contributed by atoms with E-state index >= 15 is 0 Å². The van der Waals surface area contributed by atoms with E-state index in [-0.39, 0.29) is 6.61 Å². The molecule has 3 aromatic rings. The van der Waals surface area contributed by atoms with Crippen molar-refractivity contribution in [2.24, 2.45) is 0 Å². The zero-order valence-corrected chi connectivity index (χ0v) is 13.8.